The number of carbonyl (C=O) groups is 2. The van der Waals surface area contributed by atoms with Crippen LogP contribution in [-0.2, 0) is 26.2 Å². The SMILES string of the molecule is CCCNC(=O)C(C)N(Cc1cccc(OC)c1)C(=O)CN(c1ccc(Cl)cc1C)S(=O)(=O)c1ccccc1. The van der Waals surface area contributed by atoms with Crippen LogP contribution in [0, 0.1) is 6.92 Å². The van der Waals surface area contributed by atoms with Gasteiger partial charge in [-0.2, -0.15) is 0 Å². The van der Waals surface area contributed by atoms with Crippen molar-refractivity contribution in [2.75, 3.05) is 24.5 Å². The van der Waals surface area contributed by atoms with E-state index in [4.69, 9.17) is 16.3 Å². The summed E-state index contributed by atoms with van der Waals surface area (Å²) in [5.74, 6) is -0.257. The molecule has 0 fully saturated rings. The Kier molecular flexibility index (Phi) is 10.4. The lowest BCUT2D eigenvalue weighted by Gasteiger charge is -2.32. The normalized spacial score (nSPS) is 11.9. The van der Waals surface area contributed by atoms with Gasteiger partial charge in [-0.25, -0.2) is 8.42 Å². The number of benzene rings is 3. The third-order valence-corrected chi connectivity index (χ3v) is 8.25. The lowest BCUT2D eigenvalue weighted by Crippen LogP contribution is -2.51. The maximum atomic E-state index is 13.9. The van der Waals surface area contributed by atoms with E-state index >= 15 is 0 Å². The van der Waals surface area contributed by atoms with Gasteiger partial charge < -0.3 is 15.0 Å². The summed E-state index contributed by atoms with van der Waals surface area (Å²) in [6.45, 7) is 5.32. The maximum absolute atomic E-state index is 13.9. The van der Waals surface area contributed by atoms with Gasteiger partial charge in [0.1, 0.15) is 18.3 Å². The maximum Gasteiger partial charge on any atom is 0.264 e. The highest BCUT2D eigenvalue weighted by molar-refractivity contribution is 7.92. The number of aryl methyl sites for hydroxylation is 1. The van der Waals surface area contributed by atoms with E-state index < -0.39 is 28.5 Å². The summed E-state index contributed by atoms with van der Waals surface area (Å²) in [5.41, 5.74) is 1.64. The number of carbonyl (C=O) groups excluding carboxylic acids is 2. The molecule has 3 aromatic carbocycles. The lowest BCUT2D eigenvalue weighted by atomic mass is 10.1. The van der Waals surface area contributed by atoms with E-state index in [2.05, 4.69) is 5.32 Å². The molecule has 10 heteroatoms. The van der Waals surface area contributed by atoms with E-state index in [-0.39, 0.29) is 17.3 Å². The molecular formula is C29H34ClN3O5S. The van der Waals surface area contributed by atoms with Gasteiger partial charge >= 0.3 is 0 Å². The Bertz CT molecular complexity index is 1400. The van der Waals surface area contributed by atoms with Crippen molar-refractivity contribution in [2.45, 2.75) is 44.7 Å². The fourth-order valence-electron chi connectivity index (χ4n) is 4.08. The van der Waals surface area contributed by atoms with Crippen molar-refractivity contribution >= 4 is 39.1 Å². The van der Waals surface area contributed by atoms with E-state index in [0.29, 0.717) is 28.6 Å². The second kappa shape index (κ2) is 13.5. The molecular weight excluding hydrogens is 538 g/mol. The van der Waals surface area contributed by atoms with Crippen LogP contribution < -0.4 is 14.4 Å². The number of hydrogen-bond acceptors (Lipinski definition) is 5. The highest BCUT2D eigenvalue weighted by atomic mass is 35.5. The number of nitrogens with zero attached hydrogens (tertiary/aromatic N) is 2. The van der Waals surface area contributed by atoms with Crippen LogP contribution in [0.15, 0.2) is 77.7 Å². The fourth-order valence-corrected chi connectivity index (χ4v) is 5.80. The van der Waals surface area contributed by atoms with Crippen molar-refractivity contribution in [1.29, 1.82) is 0 Å². The Hall–Kier alpha value is -3.56. The highest BCUT2D eigenvalue weighted by Crippen LogP contribution is 2.29. The van der Waals surface area contributed by atoms with Crippen LogP contribution in [0.3, 0.4) is 0 Å². The minimum absolute atomic E-state index is 0.0419. The number of nitrogens with one attached hydrogen (secondary N) is 1. The van der Waals surface area contributed by atoms with Crippen molar-refractivity contribution in [3.63, 3.8) is 0 Å². The minimum atomic E-state index is -4.14. The first-order valence-corrected chi connectivity index (χ1v) is 14.4. The van der Waals surface area contributed by atoms with Crippen LogP contribution >= 0.6 is 11.6 Å². The van der Waals surface area contributed by atoms with Gasteiger partial charge in [0.05, 0.1) is 17.7 Å². The number of ether oxygens (including phenoxy) is 1. The van der Waals surface area contributed by atoms with Crippen LogP contribution in [0.2, 0.25) is 5.02 Å². The van der Waals surface area contributed by atoms with Gasteiger partial charge in [-0.15, -0.1) is 0 Å². The summed E-state index contributed by atoms with van der Waals surface area (Å²) < 4.78 is 34.1. The first-order chi connectivity index (χ1) is 18.6. The molecule has 39 heavy (non-hydrogen) atoms. The molecule has 0 saturated heterocycles. The monoisotopic (exact) mass is 571 g/mol. The molecule has 2 amide bonds. The molecule has 0 aliphatic carbocycles. The number of amides is 2. The molecule has 1 unspecified atom stereocenters. The molecule has 8 nitrogen and oxygen atoms in total. The second-order valence-corrected chi connectivity index (χ2v) is 11.4. The average Bonchev–Trinajstić information content (AvgIpc) is 2.93. The van der Waals surface area contributed by atoms with Gasteiger partial charge in [0.25, 0.3) is 10.0 Å². The molecule has 1 atom stereocenters. The smallest absolute Gasteiger partial charge is 0.264 e. The van der Waals surface area contributed by atoms with E-state index in [0.717, 1.165) is 16.3 Å². The molecule has 0 saturated carbocycles. The van der Waals surface area contributed by atoms with Crippen LogP contribution in [-0.4, -0.2) is 51.4 Å². The molecule has 0 bridgehead atoms. The van der Waals surface area contributed by atoms with E-state index in [1.165, 1.54) is 17.0 Å². The number of anilines is 1. The number of rotatable bonds is 12. The van der Waals surface area contributed by atoms with E-state index in [9.17, 15) is 18.0 Å². The first-order valence-electron chi connectivity index (χ1n) is 12.6. The van der Waals surface area contributed by atoms with Crippen molar-refractivity contribution in [3.05, 3.63) is 88.9 Å². The third-order valence-electron chi connectivity index (χ3n) is 6.24. The van der Waals surface area contributed by atoms with Gasteiger partial charge in [0.15, 0.2) is 0 Å². The zero-order valence-corrected chi connectivity index (χ0v) is 24.1. The molecule has 208 valence electrons. The fraction of sp³-hybridized carbons (Fsp3) is 0.310. The summed E-state index contributed by atoms with van der Waals surface area (Å²) in [4.78, 5) is 28.3. The molecule has 0 radical (unpaired) electrons. The Balaban J connectivity index is 2.05. The van der Waals surface area contributed by atoms with Crippen LogP contribution in [0.1, 0.15) is 31.4 Å². The zero-order valence-electron chi connectivity index (χ0n) is 22.6. The number of halogens is 1. The van der Waals surface area contributed by atoms with Crippen LogP contribution in [0.25, 0.3) is 0 Å². The zero-order chi connectivity index (χ0) is 28.6. The predicted octanol–water partition coefficient (Wildman–Crippen LogP) is 4.80. The number of sulfonamides is 1. The Morgan fingerprint density at radius 2 is 1.74 bits per heavy atom. The number of hydrogen-bond donors (Lipinski definition) is 1. The molecule has 0 aromatic heterocycles. The summed E-state index contributed by atoms with van der Waals surface area (Å²) in [6, 6.07) is 19.0. The quantitative estimate of drug-likeness (QED) is 0.337. The molecule has 0 spiro atoms. The molecule has 0 aliphatic rings. The van der Waals surface area contributed by atoms with Crippen molar-refractivity contribution in [3.8, 4) is 5.75 Å². The standard InChI is InChI=1S/C29H34ClN3O5S/c1-5-16-31-29(35)22(3)32(19-23-10-9-11-25(18-23)38-4)28(34)20-33(27-15-14-24(30)17-21(27)2)39(36,37)26-12-7-6-8-13-26/h6-15,17-18,22H,5,16,19-20H2,1-4H3,(H,31,35). The van der Waals surface area contributed by atoms with E-state index in [1.807, 2.05) is 13.0 Å². The number of methoxy groups -OCH3 is 1. The van der Waals surface area contributed by atoms with Gasteiger partial charge in [-0.3, -0.25) is 13.9 Å². The highest BCUT2D eigenvalue weighted by Gasteiger charge is 2.33. The Labute approximate surface area is 235 Å². The summed E-state index contributed by atoms with van der Waals surface area (Å²) in [6.07, 6.45) is 0.737. The van der Waals surface area contributed by atoms with Crippen molar-refractivity contribution in [1.82, 2.24) is 10.2 Å². The molecule has 3 rings (SSSR count). The average molecular weight is 572 g/mol. The van der Waals surface area contributed by atoms with Gasteiger partial charge in [-0.05, 0) is 73.9 Å². The lowest BCUT2D eigenvalue weighted by molar-refractivity contribution is -0.139. The predicted molar refractivity (Wildman–Crippen MR) is 153 cm³/mol. The topological polar surface area (TPSA) is 96.0 Å². The third kappa shape index (κ3) is 7.52. The molecule has 0 heterocycles. The summed E-state index contributed by atoms with van der Waals surface area (Å²) >= 11 is 6.14. The summed E-state index contributed by atoms with van der Waals surface area (Å²) in [5, 5.41) is 3.27. The largest absolute Gasteiger partial charge is 0.497 e. The van der Waals surface area contributed by atoms with Crippen LogP contribution in [0.5, 0.6) is 5.75 Å². The Morgan fingerprint density at radius 1 is 1.03 bits per heavy atom. The van der Waals surface area contributed by atoms with Gasteiger partial charge in [0, 0.05) is 18.1 Å². The van der Waals surface area contributed by atoms with Crippen molar-refractivity contribution < 1.29 is 22.7 Å². The Morgan fingerprint density at radius 3 is 2.38 bits per heavy atom. The minimum Gasteiger partial charge on any atom is -0.497 e. The molecule has 1 N–H and O–H groups in total. The van der Waals surface area contributed by atoms with Gasteiger partial charge in [-0.1, -0.05) is 48.9 Å². The first kappa shape index (κ1) is 30.0. The summed E-state index contributed by atoms with van der Waals surface area (Å²) in [7, 11) is -2.59. The van der Waals surface area contributed by atoms with E-state index in [1.54, 1.807) is 75.6 Å². The molecule has 0 aliphatic heterocycles. The second-order valence-electron chi connectivity index (χ2n) is 9.10. The van der Waals surface area contributed by atoms with Crippen molar-refractivity contribution in [2.24, 2.45) is 0 Å². The van der Waals surface area contributed by atoms with Crippen LogP contribution in [0.4, 0.5) is 5.69 Å². The molecule has 3 aromatic rings. The van der Waals surface area contributed by atoms with Gasteiger partial charge in [0.2, 0.25) is 11.8 Å².